The smallest absolute Gasteiger partial charge is 0.146 e. The Bertz CT molecular complexity index is 447. The first-order valence-corrected chi connectivity index (χ1v) is 8.43. The highest BCUT2D eigenvalue weighted by Gasteiger charge is 2.24. The quantitative estimate of drug-likeness (QED) is 0.795. The molecule has 0 radical (unpaired) electrons. The van der Waals surface area contributed by atoms with Crippen molar-refractivity contribution in [3.05, 3.63) is 29.6 Å². The van der Waals surface area contributed by atoms with Gasteiger partial charge in [0.05, 0.1) is 5.69 Å². The van der Waals surface area contributed by atoms with E-state index < -0.39 is 0 Å². The molecule has 0 amide bonds. The van der Waals surface area contributed by atoms with Gasteiger partial charge in [0.25, 0.3) is 0 Å². The molecule has 1 N–H and O–H groups in total. The fourth-order valence-corrected chi connectivity index (χ4v) is 3.22. The van der Waals surface area contributed by atoms with Gasteiger partial charge in [-0.1, -0.05) is 26.3 Å². The lowest BCUT2D eigenvalue weighted by Crippen LogP contribution is -2.22. The summed E-state index contributed by atoms with van der Waals surface area (Å²) in [7, 11) is 0. The molecule has 1 aliphatic heterocycles. The van der Waals surface area contributed by atoms with E-state index in [1.165, 1.54) is 19.3 Å². The average molecular weight is 292 g/mol. The van der Waals surface area contributed by atoms with E-state index in [4.69, 9.17) is 0 Å². The largest absolute Gasteiger partial charge is 0.369 e. The van der Waals surface area contributed by atoms with Crippen LogP contribution in [0.2, 0.25) is 0 Å². The summed E-state index contributed by atoms with van der Waals surface area (Å²) in [4.78, 5) is 2.21. The number of rotatable bonds is 7. The minimum absolute atomic E-state index is 0.0743. The zero-order chi connectivity index (χ0) is 15.2. The summed E-state index contributed by atoms with van der Waals surface area (Å²) in [6.45, 7) is 9.43. The zero-order valence-corrected chi connectivity index (χ0v) is 13.7. The third-order valence-corrected chi connectivity index (χ3v) is 4.50. The third-order valence-electron chi connectivity index (χ3n) is 4.50. The Morgan fingerprint density at radius 1 is 1.33 bits per heavy atom. The number of halogens is 1. The van der Waals surface area contributed by atoms with E-state index in [1.54, 1.807) is 6.07 Å². The van der Waals surface area contributed by atoms with Gasteiger partial charge in [-0.2, -0.15) is 0 Å². The van der Waals surface area contributed by atoms with E-state index in [2.05, 4.69) is 37.1 Å². The van der Waals surface area contributed by atoms with Crippen LogP contribution in [0.3, 0.4) is 0 Å². The van der Waals surface area contributed by atoms with E-state index in [0.29, 0.717) is 0 Å². The van der Waals surface area contributed by atoms with Crippen LogP contribution in [0.5, 0.6) is 0 Å². The van der Waals surface area contributed by atoms with E-state index in [9.17, 15) is 4.39 Å². The van der Waals surface area contributed by atoms with Crippen molar-refractivity contribution in [2.75, 3.05) is 24.5 Å². The van der Waals surface area contributed by atoms with Crippen LogP contribution in [0, 0.1) is 11.7 Å². The molecule has 1 aromatic rings. The number of nitrogens with zero attached hydrogens (tertiary/aromatic N) is 1. The predicted molar refractivity (Wildman–Crippen MR) is 88.3 cm³/mol. The topological polar surface area (TPSA) is 15.3 Å². The van der Waals surface area contributed by atoms with Crippen molar-refractivity contribution >= 4 is 5.69 Å². The summed E-state index contributed by atoms with van der Waals surface area (Å²) in [6, 6.07) is 5.94. The van der Waals surface area contributed by atoms with Gasteiger partial charge >= 0.3 is 0 Å². The Morgan fingerprint density at radius 2 is 2.14 bits per heavy atom. The molecule has 118 valence electrons. The fourth-order valence-electron chi connectivity index (χ4n) is 3.22. The second-order valence-corrected chi connectivity index (χ2v) is 6.28. The first-order valence-electron chi connectivity index (χ1n) is 8.43. The van der Waals surface area contributed by atoms with Crippen LogP contribution >= 0.6 is 0 Å². The van der Waals surface area contributed by atoms with Gasteiger partial charge in [0, 0.05) is 19.1 Å². The van der Waals surface area contributed by atoms with E-state index in [1.807, 2.05) is 6.07 Å². The molecular formula is C18H29FN2. The van der Waals surface area contributed by atoms with Gasteiger partial charge in [-0.05, 0) is 56.3 Å². The van der Waals surface area contributed by atoms with Crippen molar-refractivity contribution in [2.24, 2.45) is 5.92 Å². The Hall–Kier alpha value is -1.09. The first-order chi connectivity index (χ1) is 10.2. The molecule has 1 saturated heterocycles. The van der Waals surface area contributed by atoms with Crippen LogP contribution in [0.4, 0.5) is 10.1 Å². The Labute approximate surface area is 128 Å². The van der Waals surface area contributed by atoms with Crippen LogP contribution in [-0.2, 0) is 0 Å². The maximum atomic E-state index is 14.4. The molecule has 1 heterocycles. The summed E-state index contributed by atoms with van der Waals surface area (Å²) >= 11 is 0. The highest BCUT2D eigenvalue weighted by atomic mass is 19.1. The standard InChI is InChI=1S/C18H29FN2/c1-4-6-15-9-11-21(13-15)18-8-7-16(12-17(18)19)14(3)20-10-5-2/h7-8,12,14-15,20H,4-6,9-11,13H2,1-3H3. The Kier molecular flexibility index (Phi) is 6.04. The second-order valence-electron chi connectivity index (χ2n) is 6.28. The summed E-state index contributed by atoms with van der Waals surface area (Å²) in [5.74, 6) is 0.661. The van der Waals surface area contributed by atoms with Gasteiger partial charge in [-0.3, -0.25) is 0 Å². The van der Waals surface area contributed by atoms with Crippen molar-refractivity contribution in [1.29, 1.82) is 0 Å². The van der Waals surface area contributed by atoms with Gasteiger partial charge in [-0.25, -0.2) is 4.39 Å². The molecule has 3 heteroatoms. The third kappa shape index (κ3) is 4.19. The van der Waals surface area contributed by atoms with Crippen LogP contribution in [0.15, 0.2) is 18.2 Å². The molecule has 0 aliphatic carbocycles. The van der Waals surface area contributed by atoms with Gasteiger partial charge < -0.3 is 10.2 Å². The highest BCUT2D eigenvalue weighted by molar-refractivity contribution is 5.50. The molecule has 0 bridgehead atoms. The number of benzene rings is 1. The molecule has 0 aromatic heterocycles. The number of nitrogens with one attached hydrogen (secondary N) is 1. The van der Waals surface area contributed by atoms with Gasteiger partial charge in [0.15, 0.2) is 0 Å². The maximum absolute atomic E-state index is 14.4. The average Bonchev–Trinajstić information content (AvgIpc) is 2.93. The fraction of sp³-hybridized carbons (Fsp3) is 0.667. The van der Waals surface area contributed by atoms with Crippen LogP contribution in [0.1, 0.15) is 58.1 Å². The molecular weight excluding hydrogens is 263 g/mol. The predicted octanol–water partition coefficient (Wildman–Crippen LogP) is 4.51. The summed E-state index contributed by atoms with van der Waals surface area (Å²) in [6.07, 6.45) is 4.77. The van der Waals surface area contributed by atoms with Crippen LogP contribution < -0.4 is 10.2 Å². The van der Waals surface area contributed by atoms with Crippen molar-refractivity contribution < 1.29 is 4.39 Å². The first kappa shape index (κ1) is 16.3. The van der Waals surface area contributed by atoms with Crippen molar-refractivity contribution in [3.63, 3.8) is 0 Å². The normalized spacial score (nSPS) is 20.0. The Balaban J connectivity index is 2.02. The van der Waals surface area contributed by atoms with E-state index in [-0.39, 0.29) is 11.9 Å². The molecule has 1 aliphatic rings. The summed E-state index contributed by atoms with van der Waals surface area (Å²) in [5.41, 5.74) is 1.81. The molecule has 0 spiro atoms. The summed E-state index contributed by atoms with van der Waals surface area (Å²) in [5, 5.41) is 3.41. The molecule has 1 aromatic carbocycles. The monoisotopic (exact) mass is 292 g/mol. The van der Waals surface area contributed by atoms with Gasteiger partial charge in [-0.15, -0.1) is 0 Å². The molecule has 0 saturated carbocycles. The molecule has 1 fully saturated rings. The SMILES string of the molecule is CCCNC(C)c1ccc(N2CCC(CCC)C2)c(F)c1. The highest BCUT2D eigenvalue weighted by Crippen LogP contribution is 2.29. The van der Waals surface area contributed by atoms with Crippen molar-refractivity contribution in [2.45, 2.75) is 52.5 Å². The minimum Gasteiger partial charge on any atom is -0.369 e. The summed E-state index contributed by atoms with van der Waals surface area (Å²) < 4.78 is 14.4. The van der Waals surface area contributed by atoms with Crippen molar-refractivity contribution in [1.82, 2.24) is 5.32 Å². The lowest BCUT2D eigenvalue weighted by molar-refractivity contribution is 0.528. The molecule has 2 atom stereocenters. The molecule has 21 heavy (non-hydrogen) atoms. The number of hydrogen-bond donors (Lipinski definition) is 1. The molecule has 2 nitrogen and oxygen atoms in total. The lowest BCUT2D eigenvalue weighted by Gasteiger charge is -2.21. The van der Waals surface area contributed by atoms with Gasteiger partial charge in [0.1, 0.15) is 5.82 Å². The van der Waals surface area contributed by atoms with Crippen LogP contribution in [-0.4, -0.2) is 19.6 Å². The second kappa shape index (κ2) is 7.79. The number of anilines is 1. The maximum Gasteiger partial charge on any atom is 0.146 e. The van der Waals surface area contributed by atoms with Gasteiger partial charge in [0.2, 0.25) is 0 Å². The molecule has 2 rings (SSSR count). The van der Waals surface area contributed by atoms with Crippen LogP contribution in [0.25, 0.3) is 0 Å². The lowest BCUT2D eigenvalue weighted by atomic mass is 10.0. The van der Waals surface area contributed by atoms with Crippen molar-refractivity contribution in [3.8, 4) is 0 Å². The number of hydrogen-bond acceptors (Lipinski definition) is 2. The zero-order valence-electron chi connectivity index (χ0n) is 13.7. The minimum atomic E-state index is -0.0743. The van der Waals surface area contributed by atoms with E-state index >= 15 is 0 Å². The molecule has 2 unspecified atom stereocenters. The Morgan fingerprint density at radius 3 is 2.81 bits per heavy atom. The van der Waals surface area contributed by atoms with E-state index in [0.717, 1.165) is 43.2 Å².